The lowest BCUT2D eigenvalue weighted by atomic mass is 10.1. The molecule has 4 rings (SSSR count). The fourth-order valence-electron chi connectivity index (χ4n) is 2.27. The minimum absolute atomic E-state index is 0.919. The van der Waals surface area contributed by atoms with Gasteiger partial charge in [-0.25, -0.2) is 0 Å². The molecule has 0 aliphatic rings. The van der Waals surface area contributed by atoms with E-state index in [1.165, 1.54) is 0 Å². The Morgan fingerprint density at radius 2 is 1.71 bits per heavy atom. The van der Waals surface area contributed by atoms with Crippen LogP contribution >= 0.6 is 0 Å². The van der Waals surface area contributed by atoms with Crippen molar-refractivity contribution in [3.8, 4) is 0 Å². The largest absolute Gasteiger partial charge is 0.278 e. The first-order valence-corrected chi connectivity index (χ1v) is 5.39. The van der Waals surface area contributed by atoms with E-state index in [9.17, 15) is 0 Å². The van der Waals surface area contributed by atoms with Crippen LogP contribution in [0.3, 0.4) is 0 Å². The second-order valence-corrected chi connectivity index (χ2v) is 3.98. The molecule has 0 fully saturated rings. The van der Waals surface area contributed by atoms with Crippen molar-refractivity contribution in [2.75, 3.05) is 0 Å². The Bertz CT molecular complexity index is 848. The molecule has 2 aromatic carbocycles. The van der Waals surface area contributed by atoms with E-state index < -0.39 is 0 Å². The Hall–Kier alpha value is -2.49. The van der Waals surface area contributed by atoms with Crippen LogP contribution in [0.2, 0.25) is 0 Å². The highest BCUT2D eigenvalue weighted by Gasteiger charge is 2.06. The number of benzene rings is 2. The SMILES string of the molecule is c1cnc2c(ccc3c4cn[nH]c4ccc32)n1. The van der Waals surface area contributed by atoms with E-state index in [1.54, 1.807) is 12.4 Å². The molecule has 0 saturated carbocycles. The van der Waals surface area contributed by atoms with E-state index in [-0.39, 0.29) is 0 Å². The van der Waals surface area contributed by atoms with Gasteiger partial charge >= 0.3 is 0 Å². The third-order valence-corrected chi connectivity index (χ3v) is 3.06. The molecule has 1 N–H and O–H groups in total. The number of aromatic nitrogens is 4. The van der Waals surface area contributed by atoms with Crippen LogP contribution in [-0.4, -0.2) is 20.2 Å². The van der Waals surface area contributed by atoms with Gasteiger partial charge in [0.1, 0.15) is 0 Å². The molecule has 0 amide bonds. The Morgan fingerprint density at radius 3 is 2.71 bits per heavy atom. The fraction of sp³-hybridized carbons (Fsp3) is 0. The molecule has 0 aliphatic heterocycles. The maximum absolute atomic E-state index is 4.41. The molecule has 4 aromatic rings. The molecule has 2 aromatic heterocycles. The van der Waals surface area contributed by atoms with Crippen LogP contribution in [0.25, 0.3) is 32.7 Å². The molecular weight excluding hydrogens is 212 g/mol. The summed E-state index contributed by atoms with van der Waals surface area (Å²) in [6, 6.07) is 8.16. The summed E-state index contributed by atoms with van der Waals surface area (Å²) < 4.78 is 0. The van der Waals surface area contributed by atoms with E-state index in [1.807, 2.05) is 18.3 Å². The van der Waals surface area contributed by atoms with Gasteiger partial charge in [-0.3, -0.25) is 15.1 Å². The van der Waals surface area contributed by atoms with Gasteiger partial charge in [0.25, 0.3) is 0 Å². The Labute approximate surface area is 96.3 Å². The molecule has 0 bridgehead atoms. The second kappa shape index (κ2) is 3.01. The highest BCUT2D eigenvalue weighted by atomic mass is 15.1. The highest BCUT2D eigenvalue weighted by molar-refractivity contribution is 6.14. The third-order valence-electron chi connectivity index (χ3n) is 3.06. The summed E-state index contributed by atoms with van der Waals surface area (Å²) in [5, 5.41) is 10.4. The van der Waals surface area contributed by atoms with Crippen molar-refractivity contribution in [3.05, 3.63) is 42.9 Å². The topological polar surface area (TPSA) is 54.5 Å². The number of H-pyrrole nitrogens is 1. The van der Waals surface area contributed by atoms with Gasteiger partial charge < -0.3 is 0 Å². The number of fused-ring (bicyclic) bond motifs is 5. The van der Waals surface area contributed by atoms with Crippen molar-refractivity contribution in [2.24, 2.45) is 0 Å². The van der Waals surface area contributed by atoms with Crippen molar-refractivity contribution in [1.82, 2.24) is 20.2 Å². The van der Waals surface area contributed by atoms with E-state index in [4.69, 9.17) is 0 Å². The summed E-state index contributed by atoms with van der Waals surface area (Å²) in [5.41, 5.74) is 2.90. The van der Waals surface area contributed by atoms with E-state index in [0.29, 0.717) is 0 Å². The molecule has 0 saturated heterocycles. The normalized spacial score (nSPS) is 11.5. The van der Waals surface area contributed by atoms with E-state index in [0.717, 1.165) is 32.7 Å². The van der Waals surface area contributed by atoms with Crippen LogP contribution in [0.5, 0.6) is 0 Å². The zero-order valence-corrected chi connectivity index (χ0v) is 8.88. The molecule has 0 radical (unpaired) electrons. The van der Waals surface area contributed by atoms with Gasteiger partial charge in [-0.1, -0.05) is 6.07 Å². The van der Waals surface area contributed by atoms with Gasteiger partial charge in [-0.05, 0) is 23.6 Å². The van der Waals surface area contributed by atoms with Gasteiger partial charge in [0.2, 0.25) is 0 Å². The fourth-order valence-corrected chi connectivity index (χ4v) is 2.27. The molecule has 17 heavy (non-hydrogen) atoms. The number of nitrogens with zero attached hydrogens (tertiary/aromatic N) is 3. The summed E-state index contributed by atoms with van der Waals surface area (Å²) in [6.07, 6.45) is 5.28. The van der Waals surface area contributed by atoms with Crippen molar-refractivity contribution >= 4 is 32.7 Å². The molecule has 0 unspecified atom stereocenters. The lowest BCUT2D eigenvalue weighted by molar-refractivity contribution is 1.12. The smallest absolute Gasteiger partial charge is 0.0965 e. The summed E-state index contributed by atoms with van der Waals surface area (Å²) >= 11 is 0. The first-order valence-electron chi connectivity index (χ1n) is 5.39. The van der Waals surface area contributed by atoms with Crippen molar-refractivity contribution < 1.29 is 0 Å². The van der Waals surface area contributed by atoms with E-state index >= 15 is 0 Å². The molecule has 0 spiro atoms. The molecule has 4 nitrogen and oxygen atoms in total. The van der Waals surface area contributed by atoms with Crippen molar-refractivity contribution in [1.29, 1.82) is 0 Å². The lowest BCUT2D eigenvalue weighted by Gasteiger charge is -2.02. The Kier molecular flexibility index (Phi) is 1.53. The lowest BCUT2D eigenvalue weighted by Crippen LogP contribution is -1.84. The quantitative estimate of drug-likeness (QED) is 0.463. The van der Waals surface area contributed by atoms with Crippen molar-refractivity contribution in [3.63, 3.8) is 0 Å². The van der Waals surface area contributed by atoms with Crippen LogP contribution < -0.4 is 0 Å². The predicted molar refractivity (Wildman–Crippen MR) is 66.7 cm³/mol. The third kappa shape index (κ3) is 1.09. The first kappa shape index (κ1) is 8.64. The van der Waals surface area contributed by atoms with Gasteiger partial charge in [0.05, 0.1) is 22.7 Å². The molecule has 0 aliphatic carbocycles. The molecule has 2 heterocycles. The maximum Gasteiger partial charge on any atom is 0.0965 e. The van der Waals surface area contributed by atoms with Crippen molar-refractivity contribution in [2.45, 2.75) is 0 Å². The van der Waals surface area contributed by atoms with Crippen LogP contribution in [0, 0.1) is 0 Å². The van der Waals surface area contributed by atoms with Gasteiger partial charge in [0.15, 0.2) is 0 Å². The number of hydrogen-bond donors (Lipinski definition) is 1. The average Bonchev–Trinajstić information content (AvgIpc) is 2.86. The highest BCUT2D eigenvalue weighted by Crippen LogP contribution is 2.28. The van der Waals surface area contributed by atoms with Crippen LogP contribution in [0.4, 0.5) is 0 Å². The van der Waals surface area contributed by atoms with Crippen LogP contribution in [0.1, 0.15) is 0 Å². The average molecular weight is 220 g/mol. The second-order valence-electron chi connectivity index (χ2n) is 3.98. The zero-order valence-electron chi connectivity index (χ0n) is 8.88. The van der Waals surface area contributed by atoms with Gasteiger partial charge in [0, 0.05) is 23.2 Å². The molecule has 80 valence electrons. The molecular formula is C13H8N4. The minimum atomic E-state index is 0.919. The summed E-state index contributed by atoms with van der Waals surface area (Å²) in [6.45, 7) is 0. The summed E-state index contributed by atoms with van der Waals surface area (Å²) in [4.78, 5) is 8.72. The minimum Gasteiger partial charge on any atom is -0.278 e. The maximum atomic E-state index is 4.41. The van der Waals surface area contributed by atoms with Crippen LogP contribution in [0.15, 0.2) is 42.9 Å². The summed E-state index contributed by atoms with van der Waals surface area (Å²) in [7, 11) is 0. The summed E-state index contributed by atoms with van der Waals surface area (Å²) in [5.74, 6) is 0. The Morgan fingerprint density at radius 1 is 0.824 bits per heavy atom. The number of nitrogens with one attached hydrogen (secondary N) is 1. The predicted octanol–water partition coefficient (Wildman–Crippen LogP) is 2.66. The molecule has 4 heteroatoms. The Balaban J connectivity index is 2.34. The number of aromatic amines is 1. The first-order chi connectivity index (χ1) is 8.43. The zero-order chi connectivity index (χ0) is 11.2. The monoisotopic (exact) mass is 220 g/mol. The van der Waals surface area contributed by atoms with Gasteiger partial charge in [-0.15, -0.1) is 0 Å². The number of hydrogen-bond acceptors (Lipinski definition) is 3. The van der Waals surface area contributed by atoms with E-state index in [2.05, 4.69) is 32.3 Å². The number of rotatable bonds is 0. The molecule has 0 atom stereocenters. The van der Waals surface area contributed by atoms with Crippen LogP contribution in [-0.2, 0) is 0 Å². The van der Waals surface area contributed by atoms with Gasteiger partial charge in [-0.2, -0.15) is 5.10 Å². The standard InChI is InChI=1S/C13H8N4/c1-4-12-13(15-6-5-14-12)9-2-3-11-10(8(1)9)7-16-17-11/h1-7H,(H,16,17).